The molecule has 9 heteroatoms. The highest BCUT2D eigenvalue weighted by Gasteiger charge is 2.37. The zero-order valence-electron chi connectivity index (χ0n) is 17.9. The molecule has 1 aliphatic carbocycles. The summed E-state index contributed by atoms with van der Waals surface area (Å²) in [5.74, 6) is 0.0700. The van der Waals surface area contributed by atoms with E-state index in [1.54, 1.807) is 23.2 Å². The topological polar surface area (TPSA) is 88.7 Å². The van der Waals surface area contributed by atoms with Crippen LogP contribution in [-0.2, 0) is 15.4 Å². The van der Waals surface area contributed by atoms with Crippen molar-refractivity contribution in [3.05, 3.63) is 36.0 Å². The summed E-state index contributed by atoms with van der Waals surface area (Å²) >= 11 is 0. The fraction of sp³-hybridized carbons (Fsp3) is 0.619. The van der Waals surface area contributed by atoms with Crippen molar-refractivity contribution in [3.8, 4) is 0 Å². The van der Waals surface area contributed by atoms with E-state index in [-0.39, 0.29) is 36.2 Å². The number of aromatic nitrogens is 2. The van der Waals surface area contributed by atoms with Crippen LogP contribution in [0.2, 0.25) is 0 Å². The number of hydrogen-bond donors (Lipinski definition) is 0. The molecule has 1 saturated carbocycles. The Morgan fingerprint density at radius 1 is 1.13 bits per heavy atom. The Labute approximate surface area is 177 Å². The first-order chi connectivity index (χ1) is 14.2. The molecule has 2 aliphatic rings. The molecule has 2 aromatic heterocycles. The summed E-state index contributed by atoms with van der Waals surface area (Å²) in [7, 11) is -3.70. The largest absolute Gasteiger partial charge is 0.459 e. The molecule has 4 rings (SSSR count). The van der Waals surface area contributed by atoms with Crippen LogP contribution in [0.25, 0.3) is 0 Å². The maximum absolute atomic E-state index is 13.5. The summed E-state index contributed by atoms with van der Waals surface area (Å²) in [6.07, 6.45) is 7.58. The number of rotatable bonds is 4. The second kappa shape index (κ2) is 7.85. The van der Waals surface area contributed by atoms with E-state index in [9.17, 15) is 13.2 Å². The lowest BCUT2D eigenvalue weighted by Gasteiger charge is -2.33. The average molecular weight is 435 g/mol. The van der Waals surface area contributed by atoms with Gasteiger partial charge in [-0.15, -0.1) is 0 Å². The Kier molecular flexibility index (Phi) is 5.52. The molecule has 1 amide bonds. The maximum atomic E-state index is 13.5. The van der Waals surface area contributed by atoms with Gasteiger partial charge in [0.2, 0.25) is 10.0 Å². The van der Waals surface area contributed by atoms with Crippen molar-refractivity contribution in [3.63, 3.8) is 0 Å². The highest BCUT2D eigenvalue weighted by Crippen LogP contribution is 2.35. The summed E-state index contributed by atoms with van der Waals surface area (Å²) in [5, 5.41) is 4.74. The molecule has 0 N–H and O–H groups in total. The molecule has 30 heavy (non-hydrogen) atoms. The van der Waals surface area contributed by atoms with Crippen molar-refractivity contribution >= 4 is 15.9 Å². The number of piperazine rings is 1. The number of furan rings is 1. The van der Waals surface area contributed by atoms with E-state index in [2.05, 4.69) is 0 Å². The Hall–Kier alpha value is -2.13. The quantitative estimate of drug-likeness (QED) is 0.738. The normalized spacial score (nSPS) is 19.5. The predicted octanol–water partition coefficient (Wildman–Crippen LogP) is 3.04. The highest BCUT2D eigenvalue weighted by molar-refractivity contribution is 7.89. The van der Waals surface area contributed by atoms with Gasteiger partial charge in [0.25, 0.3) is 5.91 Å². The minimum absolute atomic E-state index is 0.207. The zero-order valence-corrected chi connectivity index (χ0v) is 18.7. The predicted molar refractivity (Wildman–Crippen MR) is 112 cm³/mol. The molecule has 1 saturated heterocycles. The number of carbonyl (C=O) groups excluding carboxylic acids is 1. The molecule has 0 bridgehead atoms. The Bertz CT molecular complexity index is 990. The van der Waals surface area contributed by atoms with Gasteiger partial charge in [0.05, 0.1) is 18.0 Å². The van der Waals surface area contributed by atoms with Gasteiger partial charge in [-0.3, -0.25) is 9.48 Å². The summed E-state index contributed by atoms with van der Waals surface area (Å²) < 4.78 is 35.6. The van der Waals surface area contributed by atoms with Crippen molar-refractivity contribution in [2.75, 3.05) is 26.2 Å². The first-order valence-electron chi connectivity index (χ1n) is 10.6. The van der Waals surface area contributed by atoms with Crippen molar-refractivity contribution in [2.45, 2.75) is 62.8 Å². The van der Waals surface area contributed by atoms with E-state index >= 15 is 0 Å². The van der Waals surface area contributed by atoms with Crippen LogP contribution in [0.1, 0.15) is 68.7 Å². The van der Waals surface area contributed by atoms with Crippen LogP contribution in [0.15, 0.2) is 33.9 Å². The van der Waals surface area contributed by atoms with Crippen LogP contribution in [0.5, 0.6) is 0 Å². The van der Waals surface area contributed by atoms with Crippen LogP contribution < -0.4 is 0 Å². The van der Waals surface area contributed by atoms with Crippen LogP contribution in [0.3, 0.4) is 0 Å². The summed E-state index contributed by atoms with van der Waals surface area (Å²) in [6.45, 7) is 7.16. The van der Waals surface area contributed by atoms with E-state index in [0.29, 0.717) is 23.7 Å². The molecule has 3 heterocycles. The lowest BCUT2D eigenvalue weighted by Crippen LogP contribution is -2.50. The van der Waals surface area contributed by atoms with Gasteiger partial charge in [-0.05, 0) is 25.0 Å². The maximum Gasteiger partial charge on any atom is 0.289 e. The fourth-order valence-corrected chi connectivity index (χ4v) is 6.02. The fourth-order valence-electron chi connectivity index (χ4n) is 4.27. The summed E-state index contributed by atoms with van der Waals surface area (Å²) in [5.41, 5.74) is 0.229. The van der Waals surface area contributed by atoms with Gasteiger partial charge in [-0.25, -0.2) is 8.42 Å². The molecule has 0 atom stereocenters. The molecular formula is C21H30N4O4S. The molecular weight excluding hydrogens is 404 g/mol. The molecule has 0 aromatic carbocycles. The van der Waals surface area contributed by atoms with Crippen LogP contribution >= 0.6 is 0 Å². The Morgan fingerprint density at radius 3 is 2.37 bits per heavy atom. The van der Waals surface area contributed by atoms with Gasteiger partial charge in [-0.2, -0.15) is 9.40 Å². The van der Waals surface area contributed by atoms with Crippen molar-refractivity contribution in [1.82, 2.24) is 19.0 Å². The smallest absolute Gasteiger partial charge is 0.289 e. The van der Waals surface area contributed by atoms with E-state index in [1.165, 1.54) is 10.6 Å². The summed E-state index contributed by atoms with van der Waals surface area (Å²) in [6, 6.07) is 3.57. The van der Waals surface area contributed by atoms with Gasteiger partial charge >= 0.3 is 0 Å². The van der Waals surface area contributed by atoms with Gasteiger partial charge in [-0.1, -0.05) is 33.6 Å². The van der Waals surface area contributed by atoms with Crippen LogP contribution in [0.4, 0.5) is 0 Å². The molecule has 0 radical (unpaired) electrons. The van der Waals surface area contributed by atoms with E-state index in [1.807, 2.05) is 25.5 Å². The number of nitrogens with zero attached hydrogens (tertiary/aromatic N) is 4. The standard InChI is InChI=1S/C21H30N4O4S/c1-21(2,3)19-18(15-25(22-19)16-7-4-5-8-16)30(27,28)24-12-10-23(11-13-24)20(26)17-9-6-14-29-17/h6,9,14-16H,4-5,7-8,10-13H2,1-3H3. The van der Waals surface area contributed by atoms with Gasteiger partial charge in [0, 0.05) is 37.8 Å². The van der Waals surface area contributed by atoms with Crippen LogP contribution in [-0.4, -0.2) is 59.5 Å². The number of amides is 1. The molecule has 164 valence electrons. The highest BCUT2D eigenvalue weighted by atomic mass is 32.2. The van der Waals surface area contributed by atoms with Crippen molar-refractivity contribution in [1.29, 1.82) is 0 Å². The van der Waals surface area contributed by atoms with E-state index < -0.39 is 10.0 Å². The van der Waals surface area contributed by atoms with Crippen LogP contribution in [0, 0.1) is 0 Å². The summed E-state index contributed by atoms with van der Waals surface area (Å²) in [4.78, 5) is 14.4. The lowest BCUT2D eigenvalue weighted by atomic mass is 9.92. The van der Waals surface area contributed by atoms with Gasteiger partial charge < -0.3 is 9.32 Å². The molecule has 0 unspecified atom stereocenters. The molecule has 1 aliphatic heterocycles. The number of hydrogen-bond acceptors (Lipinski definition) is 5. The number of sulfonamides is 1. The third-order valence-corrected chi connectivity index (χ3v) is 7.88. The SMILES string of the molecule is CC(C)(C)c1nn(C2CCCC2)cc1S(=O)(=O)N1CCN(C(=O)c2ccco2)CC1. The van der Waals surface area contributed by atoms with Gasteiger partial charge in [0.15, 0.2) is 5.76 Å². The minimum atomic E-state index is -3.70. The van der Waals surface area contributed by atoms with Crippen molar-refractivity contribution < 1.29 is 17.6 Å². The third-order valence-electron chi connectivity index (χ3n) is 5.98. The zero-order chi connectivity index (χ0) is 21.5. The lowest BCUT2D eigenvalue weighted by molar-refractivity contribution is 0.0666. The molecule has 2 fully saturated rings. The second-order valence-electron chi connectivity index (χ2n) is 9.18. The minimum Gasteiger partial charge on any atom is -0.459 e. The molecule has 8 nitrogen and oxygen atoms in total. The molecule has 2 aromatic rings. The van der Waals surface area contributed by atoms with E-state index in [0.717, 1.165) is 25.7 Å². The monoisotopic (exact) mass is 434 g/mol. The molecule has 0 spiro atoms. The third kappa shape index (κ3) is 3.92. The van der Waals surface area contributed by atoms with Crippen molar-refractivity contribution in [2.24, 2.45) is 0 Å². The number of carbonyl (C=O) groups is 1. The van der Waals surface area contributed by atoms with E-state index in [4.69, 9.17) is 9.52 Å². The Balaban J connectivity index is 1.55. The Morgan fingerprint density at radius 2 is 1.80 bits per heavy atom. The first kappa shape index (κ1) is 21.1. The van der Waals surface area contributed by atoms with Gasteiger partial charge in [0.1, 0.15) is 4.90 Å². The second-order valence-corrected chi connectivity index (χ2v) is 11.1. The first-order valence-corrected chi connectivity index (χ1v) is 12.0. The average Bonchev–Trinajstić information content (AvgIpc) is 3.48.